The summed E-state index contributed by atoms with van der Waals surface area (Å²) in [4.78, 5) is 16.5. The number of nitrogens with zero attached hydrogens (tertiary/aromatic N) is 1. The van der Waals surface area contributed by atoms with Crippen LogP contribution in [0.1, 0.15) is 15.9 Å². The van der Waals surface area contributed by atoms with Crippen molar-refractivity contribution in [1.82, 2.24) is 4.98 Å². The average molecular weight is 321 g/mol. The number of amides is 1. The van der Waals surface area contributed by atoms with Gasteiger partial charge in [-0.1, -0.05) is 17.7 Å². The number of aromatic nitrogens is 1. The number of benzene rings is 2. The van der Waals surface area contributed by atoms with Gasteiger partial charge in [-0.15, -0.1) is 0 Å². The van der Waals surface area contributed by atoms with E-state index in [0.29, 0.717) is 17.1 Å². The van der Waals surface area contributed by atoms with Crippen molar-refractivity contribution in [2.45, 2.75) is 6.92 Å². The second-order valence-corrected chi connectivity index (χ2v) is 5.38. The first-order valence-corrected chi connectivity index (χ1v) is 7.47. The standard InChI is InChI=1S/C19H16FN3O/c1-13-2-6-17(7-3-13)23-19(24)14-10-11-21-18(12-14)22-16-8-4-15(20)5-9-16/h2-12H,1H3,(H,21,22)(H,23,24). The lowest BCUT2D eigenvalue weighted by Crippen LogP contribution is -2.12. The molecule has 0 atom stereocenters. The summed E-state index contributed by atoms with van der Waals surface area (Å²) in [5, 5.41) is 5.88. The monoisotopic (exact) mass is 321 g/mol. The van der Waals surface area contributed by atoms with Gasteiger partial charge >= 0.3 is 0 Å². The molecule has 0 saturated heterocycles. The van der Waals surface area contributed by atoms with E-state index in [2.05, 4.69) is 15.6 Å². The van der Waals surface area contributed by atoms with Gasteiger partial charge in [0.1, 0.15) is 11.6 Å². The zero-order valence-corrected chi connectivity index (χ0v) is 13.1. The SMILES string of the molecule is Cc1ccc(NC(=O)c2ccnc(Nc3ccc(F)cc3)c2)cc1. The van der Waals surface area contributed by atoms with Gasteiger partial charge in [0, 0.05) is 23.1 Å². The molecule has 3 rings (SSSR count). The molecule has 0 radical (unpaired) electrons. The lowest BCUT2D eigenvalue weighted by Gasteiger charge is -2.08. The topological polar surface area (TPSA) is 54.0 Å². The maximum absolute atomic E-state index is 12.9. The highest BCUT2D eigenvalue weighted by atomic mass is 19.1. The first kappa shape index (κ1) is 15.7. The molecular formula is C19H16FN3O. The Kier molecular flexibility index (Phi) is 4.52. The van der Waals surface area contributed by atoms with Gasteiger partial charge in [-0.3, -0.25) is 4.79 Å². The van der Waals surface area contributed by atoms with Crippen molar-refractivity contribution in [3.63, 3.8) is 0 Å². The summed E-state index contributed by atoms with van der Waals surface area (Å²) in [6.45, 7) is 1.99. The fraction of sp³-hybridized carbons (Fsp3) is 0.0526. The summed E-state index contributed by atoms with van der Waals surface area (Å²) in [5.41, 5.74) is 3.04. The van der Waals surface area contributed by atoms with Crippen LogP contribution in [0.2, 0.25) is 0 Å². The molecule has 0 aliphatic heterocycles. The molecule has 2 N–H and O–H groups in total. The molecule has 5 heteroatoms. The number of pyridine rings is 1. The van der Waals surface area contributed by atoms with E-state index in [9.17, 15) is 9.18 Å². The van der Waals surface area contributed by atoms with Crippen molar-refractivity contribution >= 4 is 23.1 Å². The molecule has 0 saturated carbocycles. The third kappa shape index (κ3) is 3.95. The van der Waals surface area contributed by atoms with Gasteiger partial charge in [0.2, 0.25) is 0 Å². The minimum absolute atomic E-state index is 0.219. The largest absolute Gasteiger partial charge is 0.340 e. The van der Waals surface area contributed by atoms with Crippen molar-refractivity contribution in [3.8, 4) is 0 Å². The van der Waals surface area contributed by atoms with Crippen molar-refractivity contribution in [3.05, 3.63) is 83.8 Å². The van der Waals surface area contributed by atoms with Crippen LogP contribution in [0.5, 0.6) is 0 Å². The second kappa shape index (κ2) is 6.91. The molecule has 4 nitrogen and oxygen atoms in total. The number of anilines is 3. The third-order valence-electron chi connectivity index (χ3n) is 3.45. The molecule has 1 aromatic heterocycles. The number of carbonyl (C=O) groups excluding carboxylic acids is 1. The van der Waals surface area contributed by atoms with E-state index in [1.165, 1.54) is 12.1 Å². The lowest BCUT2D eigenvalue weighted by atomic mass is 10.2. The van der Waals surface area contributed by atoms with Crippen LogP contribution in [0.25, 0.3) is 0 Å². The van der Waals surface area contributed by atoms with Gasteiger partial charge in [-0.2, -0.15) is 0 Å². The minimum atomic E-state index is -0.306. The quantitative estimate of drug-likeness (QED) is 0.742. The van der Waals surface area contributed by atoms with E-state index in [1.54, 1.807) is 30.5 Å². The van der Waals surface area contributed by atoms with E-state index in [4.69, 9.17) is 0 Å². The van der Waals surface area contributed by atoms with Crippen LogP contribution < -0.4 is 10.6 Å². The van der Waals surface area contributed by atoms with Gasteiger partial charge in [-0.25, -0.2) is 9.37 Å². The van der Waals surface area contributed by atoms with Gasteiger partial charge in [-0.05, 0) is 55.5 Å². The molecule has 3 aromatic rings. The molecule has 2 aromatic carbocycles. The molecule has 0 bridgehead atoms. The van der Waals surface area contributed by atoms with E-state index in [-0.39, 0.29) is 11.7 Å². The van der Waals surface area contributed by atoms with E-state index < -0.39 is 0 Å². The number of halogens is 1. The normalized spacial score (nSPS) is 10.2. The molecule has 0 unspecified atom stereocenters. The number of hydrogen-bond donors (Lipinski definition) is 2. The summed E-state index contributed by atoms with van der Waals surface area (Å²) in [7, 11) is 0. The lowest BCUT2D eigenvalue weighted by molar-refractivity contribution is 0.102. The van der Waals surface area contributed by atoms with Crippen LogP contribution in [-0.4, -0.2) is 10.9 Å². The Balaban J connectivity index is 1.73. The minimum Gasteiger partial charge on any atom is -0.340 e. The molecule has 0 fully saturated rings. The highest BCUT2D eigenvalue weighted by molar-refractivity contribution is 6.04. The van der Waals surface area contributed by atoms with Crippen LogP contribution in [0, 0.1) is 12.7 Å². The molecule has 120 valence electrons. The van der Waals surface area contributed by atoms with Crippen LogP contribution in [-0.2, 0) is 0 Å². The molecule has 0 aliphatic carbocycles. The summed E-state index contributed by atoms with van der Waals surface area (Å²) in [5.74, 6) is -0.0127. The smallest absolute Gasteiger partial charge is 0.255 e. The first-order chi connectivity index (χ1) is 11.6. The maximum atomic E-state index is 12.9. The number of hydrogen-bond acceptors (Lipinski definition) is 3. The van der Waals surface area contributed by atoms with Crippen molar-refractivity contribution < 1.29 is 9.18 Å². The second-order valence-electron chi connectivity index (χ2n) is 5.38. The Labute approximate surface area is 139 Å². The summed E-state index contributed by atoms with van der Waals surface area (Å²) < 4.78 is 12.9. The Morgan fingerprint density at radius 1 is 0.958 bits per heavy atom. The maximum Gasteiger partial charge on any atom is 0.255 e. The Morgan fingerprint density at radius 2 is 1.62 bits per heavy atom. The Bertz CT molecular complexity index is 845. The molecule has 0 aliphatic rings. The predicted octanol–water partition coefficient (Wildman–Crippen LogP) is 4.53. The fourth-order valence-electron chi connectivity index (χ4n) is 2.16. The van der Waals surface area contributed by atoms with Crippen molar-refractivity contribution in [1.29, 1.82) is 0 Å². The fourth-order valence-corrected chi connectivity index (χ4v) is 2.16. The Morgan fingerprint density at radius 3 is 2.33 bits per heavy atom. The number of carbonyl (C=O) groups is 1. The number of rotatable bonds is 4. The van der Waals surface area contributed by atoms with E-state index in [1.807, 2.05) is 31.2 Å². The zero-order valence-electron chi connectivity index (χ0n) is 13.1. The van der Waals surface area contributed by atoms with Crippen molar-refractivity contribution in [2.75, 3.05) is 10.6 Å². The van der Waals surface area contributed by atoms with E-state index in [0.717, 1.165) is 11.3 Å². The van der Waals surface area contributed by atoms with Gasteiger partial charge in [0.15, 0.2) is 0 Å². The zero-order chi connectivity index (χ0) is 16.9. The van der Waals surface area contributed by atoms with Crippen LogP contribution in [0.4, 0.5) is 21.6 Å². The number of nitrogens with one attached hydrogen (secondary N) is 2. The van der Waals surface area contributed by atoms with Gasteiger partial charge < -0.3 is 10.6 Å². The number of aryl methyl sites for hydroxylation is 1. The average Bonchev–Trinajstić information content (AvgIpc) is 2.59. The van der Waals surface area contributed by atoms with E-state index >= 15 is 0 Å². The molecule has 24 heavy (non-hydrogen) atoms. The molecular weight excluding hydrogens is 305 g/mol. The molecule has 0 spiro atoms. The predicted molar refractivity (Wildman–Crippen MR) is 93.1 cm³/mol. The van der Waals surface area contributed by atoms with Crippen molar-refractivity contribution in [2.24, 2.45) is 0 Å². The van der Waals surface area contributed by atoms with Crippen LogP contribution in [0.15, 0.2) is 66.9 Å². The summed E-state index contributed by atoms with van der Waals surface area (Å²) >= 11 is 0. The van der Waals surface area contributed by atoms with Gasteiger partial charge in [0.05, 0.1) is 0 Å². The first-order valence-electron chi connectivity index (χ1n) is 7.47. The molecule has 1 heterocycles. The third-order valence-corrected chi connectivity index (χ3v) is 3.45. The Hall–Kier alpha value is -3.21. The highest BCUT2D eigenvalue weighted by Crippen LogP contribution is 2.17. The van der Waals surface area contributed by atoms with Crippen LogP contribution in [0.3, 0.4) is 0 Å². The summed E-state index contributed by atoms with van der Waals surface area (Å²) in [6, 6.07) is 16.8. The molecule has 1 amide bonds. The highest BCUT2D eigenvalue weighted by Gasteiger charge is 2.08. The van der Waals surface area contributed by atoms with Crippen LogP contribution >= 0.6 is 0 Å². The van der Waals surface area contributed by atoms with Gasteiger partial charge in [0.25, 0.3) is 5.91 Å². The summed E-state index contributed by atoms with van der Waals surface area (Å²) in [6.07, 6.45) is 1.55.